The Morgan fingerprint density at radius 3 is 2.71 bits per heavy atom. The molecule has 0 spiro atoms. The zero-order valence-electron chi connectivity index (χ0n) is 20.0. The maximum absolute atomic E-state index is 12.6. The lowest BCUT2D eigenvalue weighted by Crippen LogP contribution is -2.35. The van der Waals surface area contributed by atoms with Crippen LogP contribution in [0.15, 0.2) is 58.1 Å². The molecule has 0 fully saturated rings. The van der Waals surface area contributed by atoms with Crippen molar-refractivity contribution in [3.05, 3.63) is 59.2 Å². The molecule has 1 N–H and O–H groups in total. The fraction of sp³-hybridized carbons (Fsp3) is 0.308. The number of amides is 1. The predicted octanol–water partition coefficient (Wildman–Crippen LogP) is 5.27. The minimum absolute atomic E-state index is 0.0200. The van der Waals surface area contributed by atoms with Gasteiger partial charge in [0.2, 0.25) is 5.17 Å². The molecule has 0 saturated heterocycles. The summed E-state index contributed by atoms with van der Waals surface area (Å²) in [6.07, 6.45) is 4.49. The molecule has 0 radical (unpaired) electrons. The average Bonchev–Trinajstić information content (AvgIpc) is 3.26. The van der Waals surface area contributed by atoms with Crippen LogP contribution in [0.2, 0.25) is 0 Å². The summed E-state index contributed by atoms with van der Waals surface area (Å²) in [5.41, 5.74) is 2.00. The fourth-order valence-corrected chi connectivity index (χ4v) is 4.46. The van der Waals surface area contributed by atoms with Gasteiger partial charge in [-0.1, -0.05) is 31.5 Å². The maximum atomic E-state index is 12.6. The Morgan fingerprint density at radius 1 is 1.11 bits per heavy atom. The van der Waals surface area contributed by atoms with Crippen molar-refractivity contribution in [3.63, 3.8) is 0 Å². The van der Waals surface area contributed by atoms with Gasteiger partial charge in [-0.3, -0.25) is 10.2 Å². The van der Waals surface area contributed by atoms with Crippen LogP contribution in [0.1, 0.15) is 37.3 Å². The number of fused-ring (bicyclic) bond motifs is 1. The van der Waals surface area contributed by atoms with E-state index in [-0.39, 0.29) is 11.4 Å². The lowest BCUT2D eigenvalue weighted by Gasteiger charge is -2.20. The van der Waals surface area contributed by atoms with Crippen molar-refractivity contribution in [1.82, 2.24) is 5.01 Å². The zero-order valence-corrected chi connectivity index (χ0v) is 20.9. The van der Waals surface area contributed by atoms with E-state index < -0.39 is 5.91 Å². The Bertz CT molecular complexity index is 1220. The quantitative estimate of drug-likeness (QED) is 0.358. The Balaban J connectivity index is 1.43. The molecule has 2 heterocycles. The van der Waals surface area contributed by atoms with Crippen LogP contribution < -0.4 is 14.2 Å². The van der Waals surface area contributed by atoms with E-state index in [2.05, 4.69) is 17.0 Å². The monoisotopic (exact) mass is 492 g/mol. The number of hydrazone groups is 1. The van der Waals surface area contributed by atoms with Crippen molar-refractivity contribution < 1.29 is 19.0 Å². The highest BCUT2D eigenvalue weighted by Crippen LogP contribution is 2.32. The van der Waals surface area contributed by atoms with Crippen LogP contribution in [0.25, 0.3) is 6.08 Å². The van der Waals surface area contributed by atoms with Crippen molar-refractivity contribution in [1.29, 1.82) is 5.41 Å². The number of carbonyl (C=O) groups is 1. The van der Waals surface area contributed by atoms with Crippen molar-refractivity contribution >= 4 is 39.8 Å². The van der Waals surface area contributed by atoms with E-state index >= 15 is 0 Å². The molecular weight excluding hydrogens is 464 g/mol. The summed E-state index contributed by atoms with van der Waals surface area (Å²) in [5, 5.41) is 15.8. The van der Waals surface area contributed by atoms with E-state index in [0.717, 1.165) is 35.6 Å². The zero-order chi connectivity index (χ0) is 24.8. The minimum atomic E-state index is -0.451. The first kappa shape index (κ1) is 24.5. The summed E-state index contributed by atoms with van der Waals surface area (Å²) in [4.78, 5) is 16.8. The lowest BCUT2D eigenvalue weighted by molar-refractivity contribution is -0.114. The van der Waals surface area contributed by atoms with Gasteiger partial charge in [-0.05, 0) is 73.0 Å². The number of amidine groups is 2. The number of hydrogen-bond donors (Lipinski definition) is 1. The van der Waals surface area contributed by atoms with Gasteiger partial charge in [0.15, 0.2) is 17.3 Å². The number of rotatable bonds is 10. The summed E-state index contributed by atoms with van der Waals surface area (Å²) < 4.78 is 17.0. The average molecular weight is 493 g/mol. The summed E-state index contributed by atoms with van der Waals surface area (Å²) in [7, 11) is 1.56. The van der Waals surface area contributed by atoms with Crippen LogP contribution in [0.5, 0.6) is 17.2 Å². The van der Waals surface area contributed by atoms with Gasteiger partial charge in [0, 0.05) is 0 Å². The Kier molecular flexibility index (Phi) is 7.87. The number of unbranched alkanes of at least 4 members (excludes halogenated alkanes) is 1. The number of benzene rings is 2. The number of carbonyl (C=O) groups excluding carboxylic acids is 1. The second kappa shape index (κ2) is 11.2. The SMILES string of the molecule is CCCCC1=NN2C(=N)C(=Cc3ccc(OCCOc4cccc(C)c4)c(OC)c3)C(=O)N=C2S1. The molecule has 2 aliphatic heterocycles. The summed E-state index contributed by atoms with van der Waals surface area (Å²) >= 11 is 1.36. The first-order valence-electron chi connectivity index (χ1n) is 11.5. The molecule has 182 valence electrons. The van der Waals surface area contributed by atoms with Crippen LogP contribution in [0.3, 0.4) is 0 Å². The van der Waals surface area contributed by atoms with E-state index in [4.69, 9.17) is 19.6 Å². The van der Waals surface area contributed by atoms with Gasteiger partial charge in [0.05, 0.1) is 12.7 Å². The van der Waals surface area contributed by atoms with E-state index in [9.17, 15) is 4.79 Å². The van der Waals surface area contributed by atoms with Gasteiger partial charge in [-0.25, -0.2) is 0 Å². The highest BCUT2D eigenvalue weighted by molar-refractivity contribution is 8.26. The smallest absolute Gasteiger partial charge is 0.283 e. The molecule has 2 aliphatic rings. The van der Waals surface area contributed by atoms with Crippen molar-refractivity contribution in [2.45, 2.75) is 33.1 Å². The fourth-order valence-electron chi connectivity index (χ4n) is 3.54. The molecule has 0 atom stereocenters. The highest BCUT2D eigenvalue weighted by Gasteiger charge is 2.35. The molecule has 0 aromatic heterocycles. The standard InChI is InChI=1S/C26H28N4O4S/c1-4-5-9-23-29-30-24(27)20(25(31)28-26(30)35-23)15-18-10-11-21(22(16-18)32-3)34-13-12-33-19-8-6-7-17(2)14-19/h6-8,10-11,14-16,27H,4-5,9,12-13H2,1-3H3. The van der Waals surface area contributed by atoms with Gasteiger partial charge in [-0.2, -0.15) is 15.1 Å². The minimum Gasteiger partial charge on any atom is -0.493 e. The van der Waals surface area contributed by atoms with Crippen LogP contribution in [-0.4, -0.2) is 47.3 Å². The number of ether oxygens (including phenoxy) is 3. The molecule has 4 rings (SSSR count). The normalized spacial score (nSPS) is 16.2. The van der Waals surface area contributed by atoms with Gasteiger partial charge >= 0.3 is 0 Å². The molecular formula is C26H28N4O4S. The Morgan fingerprint density at radius 2 is 1.94 bits per heavy atom. The number of methoxy groups -OCH3 is 1. The second-order valence-corrected chi connectivity index (χ2v) is 9.08. The van der Waals surface area contributed by atoms with E-state index in [1.807, 2.05) is 31.2 Å². The molecule has 35 heavy (non-hydrogen) atoms. The van der Waals surface area contributed by atoms with Gasteiger partial charge in [-0.15, -0.1) is 0 Å². The molecule has 0 unspecified atom stereocenters. The Hall–Kier alpha value is -3.59. The topological polar surface area (TPSA) is 96.6 Å². The summed E-state index contributed by atoms with van der Waals surface area (Å²) in [6.45, 7) is 4.86. The molecule has 2 aromatic rings. The number of nitrogens with zero attached hydrogens (tertiary/aromatic N) is 3. The number of aryl methyl sites for hydroxylation is 1. The van der Waals surface area contributed by atoms with Gasteiger partial charge in [0.25, 0.3) is 5.91 Å². The van der Waals surface area contributed by atoms with E-state index in [1.165, 1.54) is 16.8 Å². The maximum Gasteiger partial charge on any atom is 0.283 e. The molecule has 2 aromatic carbocycles. The molecule has 0 saturated carbocycles. The molecule has 1 amide bonds. The van der Waals surface area contributed by atoms with Crippen molar-refractivity contribution in [2.75, 3.05) is 20.3 Å². The lowest BCUT2D eigenvalue weighted by atomic mass is 10.1. The number of aliphatic imine (C=N–C) groups is 1. The van der Waals surface area contributed by atoms with Gasteiger partial charge in [0.1, 0.15) is 24.0 Å². The largest absolute Gasteiger partial charge is 0.493 e. The summed E-state index contributed by atoms with van der Waals surface area (Å²) in [5.74, 6) is 1.45. The highest BCUT2D eigenvalue weighted by atomic mass is 32.2. The second-order valence-electron chi connectivity index (χ2n) is 8.04. The molecule has 0 aliphatic carbocycles. The third-order valence-electron chi connectivity index (χ3n) is 5.34. The summed E-state index contributed by atoms with van der Waals surface area (Å²) in [6, 6.07) is 13.2. The number of thioether (sulfide) groups is 1. The van der Waals surface area contributed by atoms with Crippen molar-refractivity contribution in [2.24, 2.45) is 10.1 Å². The number of nitrogens with one attached hydrogen (secondary N) is 1. The first-order valence-corrected chi connectivity index (χ1v) is 12.3. The van der Waals surface area contributed by atoms with Crippen LogP contribution in [-0.2, 0) is 4.79 Å². The van der Waals surface area contributed by atoms with Crippen LogP contribution >= 0.6 is 11.8 Å². The van der Waals surface area contributed by atoms with E-state index in [1.54, 1.807) is 31.4 Å². The first-order chi connectivity index (χ1) is 17.0. The van der Waals surface area contributed by atoms with Crippen LogP contribution in [0.4, 0.5) is 0 Å². The molecule has 0 bridgehead atoms. The molecule has 8 nitrogen and oxygen atoms in total. The van der Waals surface area contributed by atoms with E-state index in [0.29, 0.717) is 35.4 Å². The Labute approximate surface area is 209 Å². The molecule has 9 heteroatoms. The predicted molar refractivity (Wildman–Crippen MR) is 140 cm³/mol. The van der Waals surface area contributed by atoms with Crippen LogP contribution in [0, 0.1) is 12.3 Å². The third-order valence-corrected chi connectivity index (χ3v) is 6.31. The third kappa shape index (κ3) is 5.92. The van der Waals surface area contributed by atoms with Crippen molar-refractivity contribution in [3.8, 4) is 17.2 Å². The van der Waals surface area contributed by atoms with Gasteiger partial charge < -0.3 is 14.2 Å². The number of hydrogen-bond acceptors (Lipinski definition) is 7.